The van der Waals surface area contributed by atoms with Crippen LogP contribution in [0, 0.1) is 0 Å². The molecule has 80 valence electrons. The molecule has 0 aromatic carbocycles. The van der Waals surface area contributed by atoms with E-state index in [-0.39, 0.29) is 12.1 Å². The van der Waals surface area contributed by atoms with Crippen molar-refractivity contribution in [2.24, 2.45) is 0 Å². The molecule has 0 aliphatic carbocycles. The second kappa shape index (κ2) is 6.09. The van der Waals surface area contributed by atoms with Crippen LogP contribution in [0.4, 0.5) is 17.6 Å². The molecule has 0 saturated carbocycles. The Morgan fingerprint density at radius 2 is 1.15 bits per heavy atom. The van der Waals surface area contributed by atoms with E-state index in [2.05, 4.69) is 0 Å². The summed E-state index contributed by atoms with van der Waals surface area (Å²) in [5.41, 5.74) is 0. The molecule has 0 rings (SSSR count). The lowest BCUT2D eigenvalue weighted by Gasteiger charge is -2.15. The van der Waals surface area contributed by atoms with Crippen LogP contribution >= 0.6 is 22.2 Å². The third-order valence-electron chi connectivity index (χ3n) is 1.46. The summed E-state index contributed by atoms with van der Waals surface area (Å²) < 4.78 is 46.9. The van der Waals surface area contributed by atoms with Gasteiger partial charge in [0.05, 0.1) is 0 Å². The van der Waals surface area contributed by atoms with Crippen LogP contribution in [0.5, 0.6) is 0 Å². The Morgan fingerprint density at radius 1 is 0.846 bits per heavy atom. The van der Waals surface area contributed by atoms with E-state index < -0.39 is 32.4 Å². The van der Waals surface area contributed by atoms with Crippen molar-refractivity contribution in [1.29, 1.82) is 0 Å². The molecule has 7 heteroatoms. The first-order chi connectivity index (χ1) is 5.83. The lowest BCUT2D eigenvalue weighted by molar-refractivity contribution is 0.141. The van der Waals surface area contributed by atoms with Gasteiger partial charge in [-0.05, 0) is 12.1 Å². The molecule has 0 aliphatic rings. The predicted molar refractivity (Wildman–Crippen MR) is 48.3 cm³/mol. The highest BCUT2D eigenvalue weighted by Gasteiger charge is 2.30. The summed E-state index contributed by atoms with van der Waals surface area (Å²) in [6.07, 6.45) is -5.72. The monoisotopic (exact) mass is 256 g/mol. The maximum atomic E-state index is 11.7. The van der Waals surface area contributed by atoms with Crippen molar-refractivity contribution >= 4 is 28.9 Å². The van der Waals surface area contributed by atoms with Gasteiger partial charge in [-0.2, -0.15) is 0 Å². The Bertz CT molecular complexity index is 129. The third-order valence-corrected chi connectivity index (χ3v) is 5.76. The van der Waals surface area contributed by atoms with E-state index in [1.54, 1.807) is 0 Å². The zero-order chi connectivity index (χ0) is 10.5. The molecule has 0 heterocycles. The smallest absolute Gasteiger partial charge is 0.211 e. The fourth-order valence-corrected chi connectivity index (χ4v) is 3.61. The van der Waals surface area contributed by atoms with Crippen molar-refractivity contribution in [2.45, 2.75) is 37.8 Å². The fraction of sp³-hybridized carbons (Fsp3) is 1.00. The molecule has 0 radical (unpaired) electrons. The highest BCUT2D eigenvalue weighted by molar-refractivity contribution is 7.45. The molecule has 0 aromatic rings. The predicted octanol–water partition coefficient (Wildman–Crippen LogP) is 4.22. The first-order valence-electron chi connectivity index (χ1n) is 3.77. The van der Waals surface area contributed by atoms with Crippen molar-refractivity contribution in [3.05, 3.63) is 0 Å². The summed E-state index contributed by atoms with van der Waals surface area (Å²) in [6.45, 7) is -2.84. The molecule has 0 aromatic heterocycles. The molecule has 0 aliphatic heterocycles. The van der Waals surface area contributed by atoms with Crippen molar-refractivity contribution < 1.29 is 17.6 Å². The maximum Gasteiger partial charge on any atom is 0.251 e. The highest BCUT2D eigenvalue weighted by Crippen LogP contribution is 2.30. The van der Waals surface area contributed by atoms with Crippen LogP contribution < -0.4 is 0 Å². The molecule has 13 heavy (non-hydrogen) atoms. The van der Waals surface area contributed by atoms with Crippen molar-refractivity contribution in [3.63, 3.8) is 0 Å². The fourth-order valence-electron chi connectivity index (χ4n) is 0.766. The molecule has 0 atom stereocenters. The van der Waals surface area contributed by atoms with Gasteiger partial charge < -0.3 is 0 Å². The zero-order valence-corrected chi connectivity index (χ0v) is 9.26. The largest absolute Gasteiger partial charge is 0.251 e. The van der Waals surface area contributed by atoms with Crippen LogP contribution in [0.25, 0.3) is 0 Å². The van der Waals surface area contributed by atoms with Crippen LogP contribution in [0.15, 0.2) is 0 Å². The Labute approximate surface area is 84.6 Å². The molecule has 0 spiro atoms. The van der Waals surface area contributed by atoms with Gasteiger partial charge in [0.25, 0.3) is 6.69 Å². The van der Waals surface area contributed by atoms with Crippen molar-refractivity contribution in [3.8, 4) is 0 Å². The van der Waals surface area contributed by atoms with E-state index in [1.165, 1.54) is 0 Å². The number of rotatable bonds is 6. The van der Waals surface area contributed by atoms with Crippen LogP contribution in [-0.4, -0.2) is 19.5 Å². The topological polar surface area (TPSA) is 0 Å². The summed E-state index contributed by atoms with van der Waals surface area (Å²) in [5, 5.41) is 0. The molecule has 0 nitrogen and oxygen atoms in total. The van der Waals surface area contributed by atoms with Crippen LogP contribution in [-0.2, 0) is 0 Å². The Morgan fingerprint density at radius 3 is 1.38 bits per heavy atom. The van der Waals surface area contributed by atoms with Gasteiger partial charge in [0, 0.05) is 12.8 Å². The molecule has 0 saturated heterocycles. The lowest BCUT2D eigenvalue weighted by atomic mass is 10.5. The van der Waals surface area contributed by atoms with Gasteiger partial charge in [0.15, 0.2) is 0 Å². The average molecular weight is 257 g/mol. The van der Waals surface area contributed by atoms with Gasteiger partial charge in [-0.3, -0.25) is 0 Å². The lowest BCUT2D eigenvalue weighted by Crippen LogP contribution is -2.20. The Balaban J connectivity index is 3.66. The minimum absolute atomic E-state index is 0.0273. The SMILES string of the molecule is FC(F)CC[Si](Cl)(Cl)CCC(F)F. The summed E-state index contributed by atoms with van der Waals surface area (Å²) >= 11 is 11.3. The second-order valence-corrected chi connectivity index (χ2v) is 10.3. The summed E-state index contributed by atoms with van der Waals surface area (Å²) in [7, 11) is 0. The molecule has 0 unspecified atom stereocenters. The molecule has 0 amide bonds. The normalized spacial score (nSPS) is 12.9. The summed E-state index contributed by atoms with van der Waals surface area (Å²) in [6, 6.07) is -0.0546. The van der Waals surface area contributed by atoms with Gasteiger partial charge in [-0.15, -0.1) is 22.2 Å². The van der Waals surface area contributed by atoms with Crippen LogP contribution in [0.2, 0.25) is 12.1 Å². The quantitative estimate of drug-likeness (QED) is 0.379. The first kappa shape index (κ1) is 13.5. The molecule has 0 fully saturated rings. The minimum Gasteiger partial charge on any atom is -0.211 e. The molecule has 0 N–H and O–H groups in total. The first-order valence-corrected chi connectivity index (χ1v) is 8.21. The van der Waals surface area contributed by atoms with E-state index in [0.717, 1.165) is 0 Å². The number of alkyl halides is 4. The second-order valence-electron chi connectivity index (χ2n) is 2.72. The van der Waals surface area contributed by atoms with E-state index in [0.29, 0.717) is 0 Å². The van der Waals surface area contributed by atoms with Gasteiger partial charge in [-0.1, -0.05) is 0 Å². The van der Waals surface area contributed by atoms with Gasteiger partial charge >= 0.3 is 0 Å². The van der Waals surface area contributed by atoms with Crippen molar-refractivity contribution in [2.75, 3.05) is 0 Å². The molecular formula is C6H10Cl2F4Si. The number of halogens is 6. The van der Waals surface area contributed by atoms with E-state index >= 15 is 0 Å². The van der Waals surface area contributed by atoms with E-state index in [1.807, 2.05) is 0 Å². The van der Waals surface area contributed by atoms with Crippen LogP contribution in [0.3, 0.4) is 0 Å². The standard InChI is InChI=1S/C6H10Cl2F4Si/c7-13(8,3-1-5(9)10)4-2-6(11)12/h5-6H,1-4H2. The van der Waals surface area contributed by atoms with Crippen LogP contribution in [0.1, 0.15) is 12.8 Å². The number of hydrogen-bond donors (Lipinski definition) is 0. The maximum absolute atomic E-state index is 11.7. The Kier molecular flexibility index (Phi) is 6.33. The zero-order valence-electron chi connectivity index (χ0n) is 6.75. The number of hydrogen-bond acceptors (Lipinski definition) is 0. The molecule has 0 bridgehead atoms. The third kappa shape index (κ3) is 8.84. The Hall–Kier alpha value is 0.517. The van der Waals surface area contributed by atoms with Crippen molar-refractivity contribution in [1.82, 2.24) is 0 Å². The minimum atomic E-state index is -2.84. The van der Waals surface area contributed by atoms with Gasteiger partial charge in [-0.25, -0.2) is 17.6 Å². The summed E-state index contributed by atoms with van der Waals surface area (Å²) in [5.74, 6) is 0. The van der Waals surface area contributed by atoms with Gasteiger partial charge in [0.1, 0.15) is 0 Å². The summed E-state index contributed by atoms with van der Waals surface area (Å²) in [4.78, 5) is 0. The van der Waals surface area contributed by atoms with E-state index in [4.69, 9.17) is 22.2 Å². The average Bonchev–Trinajstić information content (AvgIpc) is 1.98. The molecular weight excluding hydrogens is 247 g/mol. The van der Waals surface area contributed by atoms with Gasteiger partial charge in [0.2, 0.25) is 12.9 Å². The van der Waals surface area contributed by atoms with E-state index in [9.17, 15) is 17.6 Å². The highest BCUT2D eigenvalue weighted by atomic mass is 35.7.